The number of carbonyl (C=O) groups is 3. The number of anilines is 1. The number of rotatable bonds is 9. The molecule has 0 unspecified atom stereocenters. The largest absolute Gasteiger partial charge is 0.497 e. The quantitative estimate of drug-likeness (QED) is 0.225. The molecular formula is C29H27ClN2O7. The lowest BCUT2D eigenvalue weighted by Crippen LogP contribution is -2.54. The third-order valence-corrected chi connectivity index (χ3v) is 6.35. The highest BCUT2D eigenvalue weighted by atomic mass is 35.5. The first kappa shape index (κ1) is 27.5. The van der Waals surface area contributed by atoms with Crippen molar-refractivity contribution < 1.29 is 33.3 Å². The first-order chi connectivity index (χ1) is 18.7. The molecule has 3 aromatic rings. The second kappa shape index (κ2) is 11.9. The van der Waals surface area contributed by atoms with Gasteiger partial charge in [-0.3, -0.25) is 14.9 Å². The number of benzene rings is 3. The number of methoxy groups -OCH3 is 2. The molecule has 0 aliphatic carbocycles. The van der Waals surface area contributed by atoms with Gasteiger partial charge in [0.05, 0.1) is 24.9 Å². The molecule has 0 aromatic heterocycles. The fourth-order valence-electron chi connectivity index (χ4n) is 3.86. The van der Waals surface area contributed by atoms with Gasteiger partial charge in [-0.25, -0.2) is 9.69 Å². The molecule has 39 heavy (non-hydrogen) atoms. The van der Waals surface area contributed by atoms with Crippen LogP contribution in [0.3, 0.4) is 0 Å². The van der Waals surface area contributed by atoms with Crippen molar-refractivity contribution in [1.29, 1.82) is 0 Å². The minimum atomic E-state index is -0.852. The summed E-state index contributed by atoms with van der Waals surface area (Å²) in [5.74, 6) is 0.267. The van der Waals surface area contributed by atoms with E-state index >= 15 is 0 Å². The van der Waals surface area contributed by atoms with Gasteiger partial charge in [0.1, 0.15) is 30.3 Å². The Morgan fingerprint density at radius 1 is 0.846 bits per heavy atom. The van der Waals surface area contributed by atoms with Gasteiger partial charge in [0, 0.05) is 0 Å². The molecule has 202 valence electrons. The lowest BCUT2D eigenvalue weighted by atomic mass is 10.1. The van der Waals surface area contributed by atoms with Crippen LogP contribution in [-0.2, 0) is 9.59 Å². The third kappa shape index (κ3) is 6.15. The number of hydrogen-bond donors (Lipinski definition) is 1. The van der Waals surface area contributed by atoms with E-state index < -0.39 is 17.8 Å². The smallest absolute Gasteiger partial charge is 0.335 e. The first-order valence-corrected chi connectivity index (χ1v) is 12.4. The standard InChI is InChI=1S/C29H27ClN2O7/c1-17-5-8-22(13-18(17)2)38-11-12-39-26-24(30)15-19(16-25(26)37-4)14-23-27(33)31-29(35)32(28(23)34)20-6-9-21(36-3)10-7-20/h5-10,13-16H,11-12H2,1-4H3,(H,31,33,35)/b23-14+. The van der Waals surface area contributed by atoms with Gasteiger partial charge in [0.25, 0.3) is 11.8 Å². The summed E-state index contributed by atoms with van der Waals surface area (Å²) < 4.78 is 22.1. The van der Waals surface area contributed by atoms with Crippen LogP contribution in [0, 0.1) is 13.8 Å². The Bertz CT molecular complexity index is 1450. The molecule has 0 bridgehead atoms. The molecule has 3 aromatic carbocycles. The number of ether oxygens (including phenoxy) is 4. The summed E-state index contributed by atoms with van der Waals surface area (Å²) in [5, 5.41) is 2.40. The van der Waals surface area contributed by atoms with Crippen LogP contribution in [0.2, 0.25) is 5.02 Å². The molecule has 4 amide bonds. The van der Waals surface area contributed by atoms with E-state index in [4.69, 9.17) is 30.5 Å². The van der Waals surface area contributed by atoms with E-state index in [-0.39, 0.29) is 29.5 Å². The summed E-state index contributed by atoms with van der Waals surface area (Å²) in [5.41, 5.74) is 2.73. The topological polar surface area (TPSA) is 103 Å². The van der Waals surface area contributed by atoms with Crippen LogP contribution in [0.15, 0.2) is 60.2 Å². The van der Waals surface area contributed by atoms with Gasteiger partial charge in [-0.15, -0.1) is 0 Å². The molecule has 1 heterocycles. The molecule has 0 saturated carbocycles. The lowest BCUT2D eigenvalue weighted by molar-refractivity contribution is -0.122. The Morgan fingerprint density at radius 2 is 1.54 bits per heavy atom. The molecule has 1 aliphatic rings. The fourth-order valence-corrected chi connectivity index (χ4v) is 4.13. The number of amides is 4. The molecule has 0 spiro atoms. The van der Waals surface area contributed by atoms with Crippen LogP contribution in [0.4, 0.5) is 10.5 Å². The monoisotopic (exact) mass is 550 g/mol. The highest BCUT2D eigenvalue weighted by Crippen LogP contribution is 2.37. The van der Waals surface area contributed by atoms with Gasteiger partial charge in [0.2, 0.25) is 0 Å². The summed E-state index contributed by atoms with van der Waals surface area (Å²) in [6.07, 6.45) is 1.33. The maximum Gasteiger partial charge on any atom is 0.335 e. The van der Waals surface area contributed by atoms with Gasteiger partial charge in [-0.2, -0.15) is 0 Å². The second-order valence-electron chi connectivity index (χ2n) is 8.63. The van der Waals surface area contributed by atoms with E-state index in [1.807, 2.05) is 32.0 Å². The van der Waals surface area contributed by atoms with E-state index in [0.717, 1.165) is 16.2 Å². The van der Waals surface area contributed by atoms with Crippen LogP contribution in [0.1, 0.15) is 16.7 Å². The number of imide groups is 2. The minimum Gasteiger partial charge on any atom is -0.497 e. The fraction of sp³-hybridized carbons (Fsp3) is 0.207. The van der Waals surface area contributed by atoms with Crippen LogP contribution < -0.4 is 29.2 Å². The molecule has 4 rings (SSSR count). The Labute approximate surface area is 230 Å². The number of carbonyl (C=O) groups excluding carboxylic acids is 3. The zero-order valence-corrected chi connectivity index (χ0v) is 22.6. The number of halogens is 1. The molecule has 0 atom stereocenters. The van der Waals surface area contributed by atoms with Crippen LogP contribution in [0.25, 0.3) is 6.08 Å². The Kier molecular flexibility index (Phi) is 8.41. The van der Waals surface area contributed by atoms with Crippen molar-refractivity contribution in [2.45, 2.75) is 13.8 Å². The first-order valence-electron chi connectivity index (χ1n) is 12.0. The molecule has 1 fully saturated rings. The predicted octanol–water partition coefficient (Wildman–Crippen LogP) is 5.10. The van der Waals surface area contributed by atoms with Gasteiger partial charge in [-0.1, -0.05) is 17.7 Å². The Balaban J connectivity index is 1.51. The summed E-state index contributed by atoms with van der Waals surface area (Å²) in [4.78, 5) is 39.1. The van der Waals surface area contributed by atoms with E-state index in [1.165, 1.54) is 31.9 Å². The van der Waals surface area contributed by atoms with Gasteiger partial charge < -0.3 is 18.9 Å². The summed E-state index contributed by atoms with van der Waals surface area (Å²) in [7, 11) is 2.95. The zero-order chi connectivity index (χ0) is 28.1. The number of nitrogens with zero attached hydrogens (tertiary/aromatic N) is 1. The van der Waals surface area contributed by atoms with E-state index in [0.29, 0.717) is 22.8 Å². The second-order valence-corrected chi connectivity index (χ2v) is 9.04. The van der Waals surface area contributed by atoms with Gasteiger partial charge >= 0.3 is 6.03 Å². The van der Waals surface area contributed by atoms with Crippen molar-refractivity contribution in [3.63, 3.8) is 0 Å². The third-order valence-electron chi connectivity index (χ3n) is 6.07. The van der Waals surface area contributed by atoms with E-state index in [2.05, 4.69) is 5.32 Å². The normalized spacial score (nSPS) is 14.3. The Hall–Kier alpha value is -4.50. The number of barbiturate groups is 1. The molecule has 1 saturated heterocycles. The molecule has 10 heteroatoms. The molecule has 1 N–H and O–H groups in total. The number of aryl methyl sites for hydroxylation is 2. The zero-order valence-electron chi connectivity index (χ0n) is 21.9. The van der Waals surface area contributed by atoms with Crippen molar-refractivity contribution in [3.05, 3.63) is 81.9 Å². The average molecular weight is 551 g/mol. The molecule has 1 aliphatic heterocycles. The molecule has 0 radical (unpaired) electrons. The van der Waals surface area contributed by atoms with Gasteiger partial charge in [-0.05, 0) is 85.1 Å². The highest BCUT2D eigenvalue weighted by Gasteiger charge is 2.37. The number of hydrogen-bond acceptors (Lipinski definition) is 7. The summed E-state index contributed by atoms with van der Waals surface area (Å²) >= 11 is 6.48. The van der Waals surface area contributed by atoms with Crippen molar-refractivity contribution in [3.8, 4) is 23.0 Å². The van der Waals surface area contributed by atoms with Crippen LogP contribution in [0.5, 0.6) is 23.0 Å². The summed E-state index contributed by atoms with van der Waals surface area (Å²) in [6, 6.07) is 14.4. The number of nitrogens with one attached hydrogen (secondary N) is 1. The SMILES string of the molecule is COc1ccc(N2C(=O)NC(=O)/C(=C\c3cc(Cl)c(OCCOc4ccc(C)c(C)c4)c(OC)c3)C2=O)cc1. The van der Waals surface area contributed by atoms with Crippen LogP contribution >= 0.6 is 11.6 Å². The predicted molar refractivity (Wildman–Crippen MR) is 147 cm³/mol. The van der Waals surface area contributed by atoms with Gasteiger partial charge in [0.15, 0.2) is 11.5 Å². The van der Waals surface area contributed by atoms with Crippen molar-refractivity contribution in [2.24, 2.45) is 0 Å². The van der Waals surface area contributed by atoms with Crippen molar-refractivity contribution in [2.75, 3.05) is 32.3 Å². The summed E-state index contributed by atoms with van der Waals surface area (Å²) in [6.45, 7) is 4.52. The number of urea groups is 1. The van der Waals surface area contributed by atoms with Crippen molar-refractivity contribution >= 4 is 41.2 Å². The van der Waals surface area contributed by atoms with Crippen LogP contribution in [-0.4, -0.2) is 45.3 Å². The maximum absolute atomic E-state index is 13.2. The van der Waals surface area contributed by atoms with Crippen molar-refractivity contribution in [1.82, 2.24) is 5.32 Å². The molecule has 9 nitrogen and oxygen atoms in total. The molecular weight excluding hydrogens is 524 g/mol. The minimum absolute atomic E-state index is 0.198. The highest BCUT2D eigenvalue weighted by molar-refractivity contribution is 6.39. The lowest BCUT2D eigenvalue weighted by Gasteiger charge is -2.26. The van der Waals surface area contributed by atoms with E-state index in [1.54, 1.807) is 30.3 Å². The average Bonchev–Trinajstić information content (AvgIpc) is 2.91. The maximum atomic E-state index is 13.2. The Morgan fingerprint density at radius 3 is 2.21 bits per heavy atom. The van der Waals surface area contributed by atoms with E-state index in [9.17, 15) is 14.4 Å².